The molecule has 8 heteroatoms. The van der Waals surface area contributed by atoms with E-state index in [1.54, 1.807) is 24.3 Å². The van der Waals surface area contributed by atoms with E-state index in [-0.39, 0.29) is 36.9 Å². The van der Waals surface area contributed by atoms with Crippen LogP contribution in [0.2, 0.25) is 0 Å². The molecule has 0 fully saturated rings. The zero-order chi connectivity index (χ0) is 17.7. The molecular formula is C16H19N3O5. The Morgan fingerprint density at radius 1 is 1.33 bits per heavy atom. The van der Waals surface area contributed by atoms with E-state index < -0.39 is 11.9 Å². The van der Waals surface area contributed by atoms with Gasteiger partial charge in [-0.3, -0.25) is 9.59 Å². The van der Waals surface area contributed by atoms with Gasteiger partial charge in [0.1, 0.15) is 5.70 Å². The first kappa shape index (κ1) is 17.5. The van der Waals surface area contributed by atoms with Crippen LogP contribution in [0.25, 0.3) is 0 Å². The van der Waals surface area contributed by atoms with Gasteiger partial charge < -0.3 is 25.4 Å². The van der Waals surface area contributed by atoms with Crippen LogP contribution in [0, 0.1) is 0 Å². The number of para-hydroxylation sites is 1. The molecule has 0 spiro atoms. The van der Waals surface area contributed by atoms with Gasteiger partial charge in [0.25, 0.3) is 11.8 Å². The van der Waals surface area contributed by atoms with Crippen molar-refractivity contribution in [1.82, 2.24) is 10.2 Å². The number of aliphatic hydroxyl groups excluding tert-OH is 1. The minimum Gasteiger partial charge on any atom is -0.466 e. The Bertz CT molecular complexity index is 699. The second kappa shape index (κ2) is 7.60. The molecular weight excluding hydrogens is 314 g/mol. The number of benzene rings is 1. The van der Waals surface area contributed by atoms with Gasteiger partial charge in [-0.1, -0.05) is 12.1 Å². The van der Waals surface area contributed by atoms with Crippen LogP contribution in [0.4, 0.5) is 5.69 Å². The van der Waals surface area contributed by atoms with Crippen molar-refractivity contribution in [2.45, 2.75) is 0 Å². The van der Waals surface area contributed by atoms with E-state index >= 15 is 0 Å². The third-order valence-electron chi connectivity index (χ3n) is 3.61. The maximum Gasteiger partial charge on any atom is 0.337 e. The number of anilines is 1. The number of rotatable bonds is 6. The molecule has 1 heterocycles. The molecule has 0 unspecified atom stereocenters. The summed E-state index contributed by atoms with van der Waals surface area (Å²) in [5, 5.41) is 14.4. The lowest BCUT2D eigenvalue weighted by atomic mass is 10.1. The Kier molecular flexibility index (Phi) is 5.54. The van der Waals surface area contributed by atoms with Crippen LogP contribution >= 0.6 is 0 Å². The fraction of sp³-hybridized carbons (Fsp3) is 0.312. The van der Waals surface area contributed by atoms with Gasteiger partial charge in [-0.15, -0.1) is 0 Å². The molecule has 24 heavy (non-hydrogen) atoms. The van der Waals surface area contributed by atoms with Gasteiger partial charge in [-0.2, -0.15) is 0 Å². The van der Waals surface area contributed by atoms with Crippen molar-refractivity contribution < 1.29 is 24.2 Å². The lowest BCUT2D eigenvalue weighted by molar-refractivity contribution is -0.136. The molecule has 0 saturated heterocycles. The van der Waals surface area contributed by atoms with Gasteiger partial charge in [-0.25, -0.2) is 4.79 Å². The molecule has 0 aliphatic carbocycles. The number of hydrogen-bond acceptors (Lipinski definition) is 6. The zero-order valence-corrected chi connectivity index (χ0v) is 13.5. The monoisotopic (exact) mass is 333 g/mol. The van der Waals surface area contributed by atoms with Gasteiger partial charge in [0.15, 0.2) is 0 Å². The lowest BCUT2D eigenvalue weighted by Gasteiger charge is -2.15. The van der Waals surface area contributed by atoms with Crippen molar-refractivity contribution in [3.05, 3.63) is 41.1 Å². The highest BCUT2D eigenvalue weighted by Crippen LogP contribution is 2.24. The molecule has 1 aliphatic rings. The number of β-amino-alcohol motifs (C(OH)–C–C–N with tert-alkyl or cyclic N) is 1. The van der Waals surface area contributed by atoms with Gasteiger partial charge in [0.05, 0.1) is 37.1 Å². The van der Waals surface area contributed by atoms with Gasteiger partial charge in [0.2, 0.25) is 0 Å². The second-order valence-corrected chi connectivity index (χ2v) is 5.05. The van der Waals surface area contributed by atoms with Crippen LogP contribution in [0.15, 0.2) is 35.5 Å². The number of esters is 1. The number of nitrogens with one attached hydrogen (secondary N) is 2. The van der Waals surface area contributed by atoms with E-state index in [4.69, 9.17) is 9.84 Å². The SMILES string of the molecule is CNC(=O)c1ccccc1NC1=C(C(=O)OC)CN(CCO)C1=O. The third kappa shape index (κ3) is 3.38. The Hall–Kier alpha value is -2.87. The number of hydrogen-bond donors (Lipinski definition) is 3. The first-order chi connectivity index (χ1) is 11.5. The number of aliphatic hydroxyl groups is 1. The van der Waals surface area contributed by atoms with Crippen LogP contribution in [-0.4, -0.2) is 61.6 Å². The maximum atomic E-state index is 12.5. The normalized spacial score (nSPS) is 14.0. The fourth-order valence-electron chi connectivity index (χ4n) is 2.41. The number of methoxy groups -OCH3 is 1. The van der Waals surface area contributed by atoms with Gasteiger partial charge in [-0.05, 0) is 12.1 Å². The van der Waals surface area contributed by atoms with E-state index in [9.17, 15) is 14.4 Å². The van der Waals surface area contributed by atoms with Gasteiger partial charge >= 0.3 is 5.97 Å². The van der Waals surface area contributed by atoms with Crippen molar-refractivity contribution in [3.8, 4) is 0 Å². The Morgan fingerprint density at radius 2 is 2.04 bits per heavy atom. The smallest absolute Gasteiger partial charge is 0.337 e. The fourth-order valence-corrected chi connectivity index (χ4v) is 2.41. The highest BCUT2D eigenvalue weighted by molar-refractivity contribution is 6.09. The highest BCUT2D eigenvalue weighted by Gasteiger charge is 2.34. The number of carbonyl (C=O) groups excluding carboxylic acids is 3. The Morgan fingerprint density at radius 3 is 2.67 bits per heavy atom. The third-order valence-corrected chi connectivity index (χ3v) is 3.61. The molecule has 0 aromatic heterocycles. The maximum absolute atomic E-state index is 12.5. The molecule has 0 bridgehead atoms. The van der Waals surface area contributed by atoms with E-state index in [1.165, 1.54) is 19.1 Å². The molecule has 1 aromatic rings. The Labute approximate surface area is 139 Å². The molecule has 2 amide bonds. The number of ether oxygens (including phenoxy) is 1. The minimum absolute atomic E-state index is 0.0382. The summed E-state index contributed by atoms with van der Waals surface area (Å²) in [4.78, 5) is 37.7. The highest BCUT2D eigenvalue weighted by atomic mass is 16.5. The first-order valence-corrected chi connectivity index (χ1v) is 7.33. The summed E-state index contributed by atoms with van der Waals surface area (Å²) in [6.45, 7) is -0.0829. The molecule has 128 valence electrons. The molecule has 0 atom stereocenters. The summed E-state index contributed by atoms with van der Waals surface area (Å²) in [5.41, 5.74) is 0.937. The number of carbonyl (C=O) groups is 3. The van der Waals surface area contributed by atoms with Crippen LogP contribution in [0.3, 0.4) is 0 Å². The van der Waals surface area contributed by atoms with Crippen molar-refractivity contribution >= 4 is 23.5 Å². The molecule has 0 radical (unpaired) electrons. The van der Waals surface area contributed by atoms with Crippen molar-refractivity contribution in [2.75, 3.05) is 39.2 Å². The summed E-state index contributed by atoms with van der Waals surface area (Å²) < 4.78 is 4.72. The van der Waals surface area contributed by atoms with E-state index in [2.05, 4.69) is 10.6 Å². The van der Waals surface area contributed by atoms with E-state index in [0.29, 0.717) is 11.3 Å². The number of amides is 2. The molecule has 8 nitrogen and oxygen atoms in total. The standard InChI is InChI=1S/C16H19N3O5/c1-17-14(21)10-5-3-4-6-12(10)18-13-11(16(23)24-2)9-19(7-8-20)15(13)22/h3-6,18,20H,7-9H2,1-2H3,(H,17,21). The summed E-state index contributed by atoms with van der Waals surface area (Å²) in [5.74, 6) is -1.39. The predicted molar refractivity (Wildman–Crippen MR) is 86.2 cm³/mol. The van der Waals surface area contributed by atoms with Crippen LogP contribution in [0.5, 0.6) is 0 Å². The summed E-state index contributed by atoms with van der Waals surface area (Å²) in [6, 6.07) is 6.64. The largest absolute Gasteiger partial charge is 0.466 e. The topological polar surface area (TPSA) is 108 Å². The summed E-state index contributed by atoms with van der Waals surface area (Å²) >= 11 is 0. The summed E-state index contributed by atoms with van der Waals surface area (Å²) in [7, 11) is 2.73. The molecule has 1 aliphatic heterocycles. The molecule has 0 saturated carbocycles. The molecule has 3 N–H and O–H groups in total. The van der Waals surface area contributed by atoms with Crippen LogP contribution < -0.4 is 10.6 Å². The molecule has 2 rings (SSSR count). The van der Waals surface area contributed by atoms with E-state index in [1.807, 2.05) is 0 Å². The minimum atomic E-state index is -0.635. The number of nitrogens with zero attached hydrogens (tertiary/aromatic N) is 1. The van der Waals surface area contributed by atoms with Crippen molar-refractivity contribution in [1.29, 1.82) is 0 Å². The second-order valence-electron chi connectivity index (χ2n) is 5.05. The average molecular weight is 333 g/mol. The Balaban J connectivity index is 2.39. The van der Waals surface area contributed by atoms with Crippen molar-refractivity contribution in [2.24, 2.45) is 0 Å². The van der Waals surface area contributed by atoms with Gasteiger partial charge in [0, 0.05) is 13.6 Å². The average Bonchev–Trinajstić information content (AvgIpc) is 2.91. The quantitative estimate of drug-likeness (QED) is 0.618. The van der Waals surface area contributed by atoms with Crippen molar-refractivity contribution in [3.63, 3.8) is 0 Å². The van der Waals surface area contributed by atoms with Crippen LogP contribution in [0.1, 0.15) is 10.4 Å². The first-order valence-electron chi connectivity index (χ1n) is 7.33. The summed E-state index contributed by atoms with van der Waals surface area (Å²) in [6.07, 6.45) is 0. The zero-order valence-electron chi connectivity index (χ0n) is 13.5. The predicted octanol–water partition coefficient (Wildman–Crippen LogP) is -0.280. The van der Waals surface area contributed by atoms with Crippen LogP contribution in [-0.2, 0) is 14.3 Å². The molecule has 1 aromatic carbocycles. The lowest BCUT2D eigenvalue weighted by Crippen LogP contribution is -2.31. The van der Waals surface area contributed by atoms with E-state index in [0.717, 1.165) is 0 Å².